The van der Waals surface area contributed by atoms with Gasteiger partial charge in [0.1, 0.15) is 17.4 Å². The van der Waals surface area contributed by atoms with E-state index in [1.54, 1.807) is 36.4 Å². The molecule has 0 saturated carbocycles. The molecule has 2 aromatic rings. The molecule has 0 heterocycles. The summed E-state index contributed by atoms with van der Waals surface area (Å²) < 4.78 is 5.17. The Morgan fingerprint density at radius 1 is 1.25 bits per heavy atom. The summed E-state index contributed by atoms with van der Waals surface area (Å²) in [4.78, 5) is 12.2. The van der Waals surface area contributed by atoms with Gasteiger partial charge in [-0.15, -0.1) is 0 Å². The van der Waals surface area contributed by atoms with Crippen molar-refractivity contribution in [3.63, 3.8) is 0 Å². The van der Waals surface area contributed by atoms with Crippen molar-refractivity contribution in [1.82, 2.24) is 0 Å². The molecule has 24 heavy (non-hydrogen) atoms. The summed E-state index contributed by atoms with van der Waals surface area (Å²) in [5.41, 5.74) is 8.48. The maximum absolute atomic E-state index is 12.2. The number of nitrogens with zero attached hydrogens (tertiary/aromatic N) is 1. The largest absolute Gasteiger partial charge is 0.495 e. The van der Waals surface area contributed by atoms with Crippen LogP contribution < -0.4 is 21.1 Å². The number of benzene rings is 2. The van der Waals surface area contributed by atoms with Crippen molar-refractivity contribution in [2.24, 2.45) is 0 Å². The van der Waals surface area contributed by atoms with Crippen LogP contribution in [-0.2, 0) is 4.79 Å². The third-order valence-corrected chi connectivity index (χ3v) is 3.30. The lowest BCUT2D eigenvalue weighted by Crippen LogP contribution is -2.15. The van der Waals surface area contributed by atoms with Gasteiger partial charge in [0.2, 0.25) is 0 Å². The minimum absolute atomic E-state index is 0.0825. The van der Waals surface area contributed by atoms with E-state index in [9.17, 15) is 10.1 Å². The molecule has 0 bridgehead atoms. The Bertz CT molecular complexity index is 822. The quantitative estimate of drug-likeness (QED) is 0.446. The molecule has 0 aliphatic rings. The van der Waals surface area contributed by atoms with Gasteiger partial charge in [-0.2, -0.15) is 5.26 Å². The van der Waals surface area contributed by atoms with Crippen LogP contribution in [0, 0.1) is 18.3 Å². The zero-order valence-electron chi connectivity index (χ0n) is 13.5. The molecule has 0 atom stereocenters. The van der Waals surface area contributed by atoms with Crippen LogP contribution in [0.15, 0.2) is 54.2 Å². The number of nitrogen functional groups attached to an aromatic ring is 1. The van der Waals surface area contributed by atoms with Gasteiger partial charge in [-0.25, -0.2) is 0 Å². The predicted octanol–water partition coefficient (Wildman–Crippen LogP) is 3.04. The number of aryl methyl sites for hydroxylation is 1. The summed E-state index contributed by atoms with van der Waals surface area (Å²) >= 11 is 0. The van der Waals surface area contributed by atoms with Crippen molar-refractivity contribution >= 4 is 23.0 Å². The van der Waals surface area contributed by atoms with E-state index < -0.39 is 5.91 Å². The van der Waals surface area contributed by atoms with Gasteiger partial charge < -0.3 is 21.1 Å². The third kappa shape index (κ3) is 4.05. The molecule has 0 saturated heterocycles. The van der Waals surface area contributed by atoms with E-state index >= 15 is 0 Å². The molecule has 0 radical (unpaired) electrons. The summed E-state index contributed by atoms with van der Waals surface area (Å²) in [6.45, 7) is 1.93. The zero-order valence-corrected chi connectivity index (χ0v) is 13.5. The normalized spacial score (nSPS) is 10.6. The Hall–Kier alpha value is -3.46. The number of rotatable bonds is 5. The number of carbonyl (C=O) groups excluding carboxylic acids is 1. The highest BCUT2D eigenvalue weighted by atomic mass is 16.5. The first-order valence-corrected chi connectivity index (χ1v) is 7.22. The Kier molecular flexibility index (Phi) is 5.42. The van der Waals surface area contributed by atoms with Crippen LogP contribution in [0.1, 0.15) is 5.56 Å². The average molecular weight is 322 g/mol. The topological polar surface area (TPSA) is 100 Å². The number of ether oxygens (including phenoxy) is 1. The number of amides is 1. The van der Waals surface area contributed by atoms with Gasteiger partial charge in [0.15, 0.2) is 0 Å². The zero-order chi connectivity index (χ0) is 17.5. The SMILES string of the molecule is COc1ccccc1NC(=O)/C(C#N)=C\Nc1ccc(C)cc1N. The minimum Gasteiger partial charge on any atom is -0.495 e. The first kappa shape index (κ1) is 16.9. The van der Waals surface area contributed by atoms with Crippen molar-refractivity contribution in [2.75, 3.05) is 23.5 Å². The highest BCUT2D eigenvalue weighted by Crippen LogP contribution is 2.24. The molecule has 0 aromatic heterocycles. The van der Waals surface area contributed by atoms with Crippen LogP contribution in [0.4, 0.5) is 17.1 Å². The van der Waals surface area contributed by atoms with E-state index in [0.29, 0.717) is 22.8 Å². The smallest absolute Gasteiger partial charge is 0.267 e. The number of methoxy groups -OCH3 is 1. The summed E-state index contributed by atoms with van der Waals surface area (Å²) in [6.07, 6.45) is 1.33. The first-order valence-electron chi connectivity index (χ1n) is 7.22. The standard InChI is InChI=1S/C18H18N4O2/c1-12-7-8-15(14(20)9-12)21-11-13(10-19)18(23)22-16-5-3-4-6-17(16)24-2/h3-9,11,21H,20H2,1-2H3,(H,22,23)/b13-11-. The van der Waals surface area contributed by atoms with Crippen LogP contribution in [0.3, 0.4) is 0 Å². The molecule has 0 aliphatic heterocycles. The van der Waals surface area contributed by atoms with Crippen LogP contribution >= 0.6 is 0 Å². The van der Waals surface area contributed by atoms with Gasteiger partial charge in [0.05, 0.1) is 24.2 Å². The van der Waals surface area contributed by atoms with Crippen LogP contribution in [0.2, 0.25) is 0 Å². The molecule has 6 heteroatoms. The summed E-state index contributed by atoms with van der Waals surface area (Å²) in [7, 11) is 1.51. The molecular formula is C18H18N4O2. The van der Waals surface area contributed by atoms with E-state index in [-0.39, 0.29) is 5.57 Å². The predicted molar refractivity (Wildman–Crippen MR) is 94.5 cm³/mol. The molecule has 0 aliphatic carbocycles. The Morgan fingerprint density at radius 3 is 2.67 bits per heavy atom. The first-order chi connectivity index (χ1) is 11.5. The summed E-state index contributed by atoms with van der Waals surface area (Å²) in [5, 5.41) is 14.7. The van der Waals surface area contributed by atoms with E-state index in [4.69, 9.17) is 10.5 Å². The lowest BCUT2D eigenvalue weighted by molar-refractivity contribution is -0.112. The molecule has 2 aromatic carbocycles. The maximum Gasteiger partial charge on any atom is 0.267 e. The number of hydrogen-bond acceptors (Lipinski definition) is 5. The number of para-hydroxylation sites is 2. The Labute approximate surface area is 140 Å². The van der Waals surface area contributed by atoms with Crippen LogP contribution in [-0.4, -0.2) is 13.0 Å². The van der Waals surface area contributed by atoms with E-state index in [2.05, 4.69) is 10.6 Å². The van der Waals surface area contributed by atoms with Gasteiger partial charge >= 0.3 is 0 Å². The lowest BCUT2D eigenvalue weighted by atomic mass is 10.2. The maximum atomic E-state index is 12.2. The minimum atomic E-state index is -0.541. The van der Waals surface area contributed by atoms with Crippen LogP contribution in [0.25, 0.3) is 0 Å². The third-order valence-electron chi connectivity index (χ3n) is 3.30. The van der Waals surface area contributed by atoms with Crippen molar-refractivity contribution in [3.8, 4) is 11.8 Å². The molecular weight excluding hydrogens is 304 g/mol. The Morgan fingerprint density at radius 2 is 2.00 bits per heavy atom. The molecule has 4 N–H and O–H groups in total. The van der Waals surface area contributed by atoms with E-state index in [1.165, 1.54) is 13.3 Å². The Balaban J connectivity index is 2.15. The monoisotopic (exact) mass is 322 g/mol. The van der Waals surface area contributed by atoms with Crippen LogP contribution in [0.5, 0.6) is 5.75 Å². The number of nitriles is 1. The molecule has 0 fully saturated rings. The van der Waals surface area contributed by atoms with Gasteiger partial charge in [-0.3, -0.25) is 4.79 Å². The van der Waals surface area contributed by atoms with Crippen molar-refractivity contribution < 1.29 is 9.53 Å². The average Bonchev–Trinajstić information content (AvgIpc) is 2.57. The number of nitrogens with one attached hydrogen (secondary N) is 2. The van der Waals surface area contributed by atoms with Gasteiger partial charge in [-0.1, -0.05) is 18.2 Å². The second-order valence-electron chi connectivity index (χ2n) is 5.06. The van der Waals surface area contributed by atoms with Crippen molar-refractivity contribution in [3.05, 3.63) is 59.8 Å². The number of anilines is 3. The van der Waals surface area contributed by atoms with Crippen molar-refractivity contribution in [1.29, 1.82) is 5.26 Å². The summed E-state index contributed by atoms with van der Waals surface area (Å²) in [6, 6.07) is 14.3. The number of hydrogen-bond donors (Lipinski definition) is 3. The number of carbonyl (C=O) groups is 1. The van der Waals surface area contributed by atoms with Gasteiger partial charge in [-0.05, 0) is 36.8 Å². The molecule has 6 nitrogen and oxygen atoms in total. The molecule has 122 valence electrons. The van der Waals surface area contributed by atoms with Gasteiger partial charge in [0.25, 0.3) is 5.91 Å². The highest BCUT2D eigenvalue weighted by molar-refractivity contribution is 6.07. The second kappa shape index (κ2) is 7.70. The highest BCUT2D eigenvalue weighted by Gasteiger charge is 2.12. The van der Waals surface area contributed by atoms with E-state index in [1.807, 2.05) is 19.1 Å². The summed E-state index contributed by atoms with van der Waals surface area (Å²) in [5.74, 6) is -0.0286. The molecule has 0 unspecified atom stereocenters. The fourth-order valence-corrected chi connectivity index (χ4v) is 2.05. The molecule has 2 rings (SSSR count). The fraction of sp³-hybridized carbons (Fsp3) is 0.111. The second-order valence-corrected chi connectivity index (χ2v) is 5.06. The fourth-order valence-electron chi connectivity index (χ4n) is 2.05. The molecule has 0 spiro atoms. The number of nitrogens with two attached hydrogens (primary N) is 1. The molecule has 1 amide bonds. The van der Waals surface area contributed by atoms with E-state index in [0.717, 1.165) is 5.56 Å². The lowest BCUT2D eigenvalue weighted by Gasteiger charge is -2.10. The van der Waals surface area contributed by atoms with Gasteiger partial charge in [0, 0.05) is 6.20 Å². The van der Waals surface area contributed by atoms with Crippen molar-refractivity contribution in [2.45, 2.75) is 6.92 Å².